The molecular formula is C12H18N4O2S2. The van der Waals surface area contributed by atoms with Gasteiger partial charge >= 0.3 is 0 Å². The molecule has 20 heavy (non-hydrogen) atoms. The molecule has 2 rings (SSSR count). The molecule has 2 N–H and O–H groups in total. The Balaban J connectivity index is 2.14. The van der Waals surface area contributed by atoms with Gasteiger partial charge in [-0.15, -0.1) is 11.3 Å². The topological polar surface area (TPSA) is 76.0 Å². The zero-order valence-corrected chi connectivity index (χ0v) is 13.1. The summed E-state index contributed by atoms with van der Waals surface area (Å²) < 4.78 is 28.7. The zero-order chi connectivity index (χ0) is 14.6. The first-order valence-electron chi connectivity index (χ1n) is 6.31. The number of nitrogens with one attached hydrogen (secondary N) is 2. The van der Waals surface area contributed by atoms with Crippen LogP contribution in [0.5, 0.6) is 0 Å². The third-order valence-corrected chi connectivity index (χ3v) is 4.90. The van der Waals surface area contributed by atoms with Gasteiger partial charge in [0.05, 0.1) is 0 Å². The fourth-order valence-corrected chi connectivity index (χ4v) is 3.62. The Hall–Kier alpha value is -1.38. The molecular weight excluding hydrogens is 296 g/mol. The number of sulfonamides is 1. The summed E-state index contributed by atoms with van der Waals surface area (Å²) in [6, 6.07) is 1.68. The molecule has 6 nitrogen and oxygen atoms in total. The van der Waals surface area contributed by atoms with E-state index in [2.05, 4.69) is 21.9 Å². The van der Waals surface area contributed by atoms with Crippen molar-refractivity contribution in [3.8, 4) is 0 Å². The molecule has 0 spiro atoms. The van der Waals surface area contributed by atoms with Crippen molar-refractivity contribution in [2.75, 3.05) is 11.3 Å². The normalized spacial score (nSPS) is 11.7. The number of aromatic nitrogens is 2. The van der Waals surface area contributed by atoms with E-state index < -0.39 is 10.0 Å². The van der Waals surface area contributed by atoms with Gasteiger partial charge in [0.1, 0.15) is 4.90 Å². The van der Waals surface area contributed by atoms with E-state index in [1.165, 1.54) is 11.3 Å². The summed E-state index contributed by atoms with van der Waals surface area (Å²) in [5.74, 6) is 0. The van der Waals surface area contributed by atoms with E-state index in [4.69, 9.17) is 0 Å². The Bertz CT molecular complexity index is 647. The molecule has 0 aliphatic heterocycles. The maximum absolute atomic E-state index is 12.2. The lowest BCUT2D eigenvalue weighted by atomic mass is 10.4. The van der Waals surface area contributed by atoms with E-state index >= 15 is 0 Å². The maximum Gasteiger partial charge on any atom is 0.265 e. The second-order valence-electron chi connectivity index (χ2n) is 4.40. The van der Waals surface area contributed by atoms with Crippen LogP contribution in [0.1, 0.15) is 19.0 Å². The summed E-state index contributed by atoms with van der Waals surface area (Å²) in [6.45, 7) is 3.65. The van der Waals surface area contributed by atoms with Crippen LogP contribution in [0.3, 0.4) is 0 Å². The van der Waals surface area contributed by atoms with Crippen molar-refractivity contribution in [3.63, 3.8) is 0 Å². The lowest BCUT2D eigenvalue weighted by Gasteiger charge is -2.03. The first kappa shape index (κ1) is 15.0. The van der Waals surface area contributed by atoms with Gasteiger partial charge in [-0.3, -0.25) is 4.72 Å². The van der Waals surface area contributed by atoms with Crippen molar-refractivity contribution in [2.24, 2.45) is 7.05 Å². The van der Waals surface area contributed by atoms with E-state index in [1.807, 2.05) is 11.6 Å². The summed E-state index contributed by atoms with van der Waals surface area (Å²) in [7, 11) is -1.73. The van der Waals surface area contributed by atoms with Crippen LogP contribution in [0.4, 0.5) is 5.13 Å². The van der Waals surface area contributed by atoms with Gasteiger partial charge in [0.25, 0.3) is 10.0 Å². The second-order valence-corrected chi connectivity index (χ2v) is 6.97. The molecule has 0 aliphatic carbocycles. The molecule has 0 saturated heterocycles. The fraction of sp³-hybridized carbons (Fsp3) is 0.417. The molecule has 2 heterocycles. The average molecular weight is 314 g/mol. The molecule has 0 radical (unpaired) electrons. The first-order valence-corrected chi connectivity index (χ1v) is 8.67. The Morgan fingerprint density at radius 1 is 1.45 bits per heavy atom. The number of thiazole rings is 1. The van der Waals surface area contributed by atoms with Crippen molar-refractivity contribution in [3.05, 3.63) is 29.5 Å². The highest BCUT2D eigenvalue weighted by atomic mass is 32.2. The van der Waals surface area contributed by atoms with Crippen LogP contribution in [-0.2, 0) is 23.6 Å². The predicted molar refractivity (Wildman–Crippen MR) is 80.3 cm³/mol. The Morgan fingerprint density at radius 2 is 2.25 bits per heavy atom. The van der Waals surface area contributed by atoms with Gasteiger partial charge in [-0.2, -0.15) is 0 Å². The van der Waals surface area contributed by atoms with Crippen LogP contribution in [0.15, 0.2) is 28.7 Å². The van der Waals surface area contributed by atoms with Crippen molar-refractivity contribution in [1.29, 1.82) is 0 Å². The SMILES string of the molecule is CCCNCc1cc(S(=O)(=O)Nc2nccs2)cn1C. The average Bonchev–Trinajstić information content (AvgIpc) is 3.00. The number of anilines is 1. The molecule has 2 aromatic heterocycles. The van der Waals surface area contributed by atoms with Gasteiger partial charge in [-0.05, 0) is 19.0 Å². The van der Waals surface area contributed by atoms with E-state index in [9.17, 15) is 8.42 Å². The molecule has 2 aromatic rings. The molecule has 0 saturated carbocycles. The van der Waals surface area contributed by atoms with Crippen molar-refractivity contribution in [1.82, 2.24) is 14.9 Å². The highest BCUT2D eigenvalue weighted by molar-refractivity contribution is 7.93. The quantitative estimate of drug-likeness (QED) is 0.764. The number of hydrogen-bond donors (Lipinski definition) is 2. The second kappa shape index (κ2) is 6.38. The van der Waals surface area contributed by atoms with Crippen molar-refractivity contribution in [2.45, 2.75) is 24.8 Å². The minimum atomic E-state index is -3.57. The van der Waals surface area contributed by atoms with E-state index in [1.54, 1.807) is 23.8 Å². The lowest BCUT2D eigenvalue weighted by molar-refractivity contribution is 0.601. The monoisotopic (exact) mass is 314 g/mol. The van der Waals surface area contributed by atoms with Crippen molar-refractivity contribution >= 4 is 26.5 Å². The molecule has 0 atom stereocenters. The zero-order valence-electron chi connectivity index (χ0n) is 11.5. The lowest BCUT2D eigenvalue weighted by Crippen LogP contribution is -2.15. The minimum absolute atomic E-state index is 0.253. The minimum Gasteiger partial charge on any atom is -0.352 e. The molecule has 0 unspecified atom stereocenters. The Morgan fingerprint density at radius 3 is 2.90 bits per heavy atom. The summed E-state index contributed by atoms with van der Waals surface area (Å²) in [5.41, 5.74) is 0.929. The van der Waals surface area contributed by atoms with Crippen LogP contribution in [0, 0.1) is 0 Å². The molecule has 110 valence electrons. The Labute approximate surface area is 122 Å². The van der Waals surface area contributed by atoms with Gasteiger partial charge in [0.15, 0.2) is 5.13 Å². The Kier molecular flexibility index (Phi) is 4.79. The van der Waals surface area contributed by atoms with E-state index in [0.717, 1.165) is 18.7 Å². The standard InChI is InChI=1S/C12H18N4O2S2/c1-3-4-13-8-10-7-11(9-16(10)2)20(17,18)15-12-14-5-6-19-12/h5-7,9,13H,3-4,8H2,1-2H3,(H,14,15). The van der Waals surface area contributed by atoms with Crippen molar-refractivity contribution < 1.29 is 8.42 Å². The third-order valence-electron chi connectivity index (χ3n) is 2.78. The predicted octanol–water partition coefficient (Wildman–Crippen LogP) is 1.78. The van der Waals surface area contributed by atoms with E-state index in [-0.39, 0.29) is 4.90 Å². The molecule has 0 aromatic carbocycles. The third kappa shape index (κ3) is 3.59. The highest BCUT2D eigenvalue weighted by Gasteiger charge is 2.18. The number of rotatable bonds is 7. The van der Waals surface area contributed by atoms with Crippen LogP contribution in [-0.4, -0.2) is 24.5 Å². The van der Waals surface area contributed by atoms with Gasteiger partial charge in [-0.25, -0.2) is 13.4 Å². The summed E-state index contributed by atoms with van der Waals surface area (Å²) in [5, 5.41) is 5.36. The number of hydrogen-bond acceptors (Lipinski definition) is 5. The maximum atomic E-state index is 12.2. The number of aryl methyl sites for hydroxylation is 1. The van der Waals surface area contributed by atoms with E-state index in [0.29, 0.717) is 11.7 Å². The van der Waals surface area contributed by atoms with Gasteiger partial charge < -0.3 is 9.88 Å². The van der Waals surface area contributed by atoms with Crippen LogP contribution >= 0.6 is 11.3 Å². The fourth-order valence-electron chi connectivity index (χ4n) is 1.74. The van der Waals surface area contributed by atoms with Crippen LogP contribution in [0.25, 0.3) is 0 Å². The first-order chi connectivity index (χ1) is 9.53. The summed E-state index contributed by atoms with van der Waals surface area (Å²) in [4.78, 5) is 4.18. The number of nitrogens with zero attached hydrogens (tertiary/aromatic N) is 2. The summed E-state index contributed by atoms with van der Waals surface area (Å²) >= 11 is 1.25. The summed E-state index contributed by atoms with van der Waals surface area (Å²) in [6.07, 6.45) is 4.22. The van der Waals surface area contributed by atoms with Gasteiger partial charge in [0.2, 0.25) is 0 Å². The largest absolute Gasteiger partial charge is 0.352 e. The smallest absolute Gasteiger partial charge is 0.265 e. The molecule has 0 fully saturated rings. The van der Waals surface area contributed by atoms with Gasteiger partial charge in [-0.1, -0.05) is 6.92 Å². The molecule has 8 heteroatoms. The van der Waals surface area contributed by atoms with Gasteiger partial charge in [0, 0.05) is 37.1 Å². The highest BCUT2D eigenvalue weighted by Crippen LogP contribution is 2.19. The van der Waals surface area contributed by atoms with Crippen LogP contribution in [0.2, 0.25) is 0 Å². The molecule has 0 aliphatic rings. The van der Waals surface area contributed by atoms with Crippen LogP contribution < -0.4 is 10.0 Å². The molecule has 0 amide bonds. The molecule has 0 bridgehead atoms.